The molecule has 0 amide bonds. The fourth-order valence-electron chi connectivity index (χ4n) is 5.88. The molecule has 0 spiro atoms. The van der Waals surface area contributed by atoms with Crippen molar-refractivity contribution >= 4 is 11.9 Å². The van der Waals surface area contributed by atoms with Crippen molar-refractivity contribution in [2.75, 3.05) is 19.8 Å². The summed E-state index contributed by atoms with van der Waals surface area (Å²) in [5, 5.41) is 9.96. The normalized spacial score (nSPS) is 32.7. The SMILES string of the molecule is CC(=O)OCC[C@@H](CC[C@@]1(C)[C@H](C)CC[C@@]2(C)C(CO)=CCC[C@H]12)COC(C)=O. The quantitative estimate of drug-likeness (QED) is 0.443. The summed E-state index contributed by atoms with van der Waals surface area (Å²) < 4.78 is 10.4. The van der Waals surface area contributed by atoms with Gasteiger partial charge >= 0.3 is 11.9 Å². The molecule has 2 rings (SSSR count). The van der Waals surface area contributed by atoms with Crippen LogP contribution >= 0.6 is 0 Å². The first-order valence-electron chi connectivity index (χ1n) is 11.2. The van der Waals surface area contributed by atoms with Gasteiger partial charge in [0.15, 0.2) is 0 Å². The molecule has 0 bridgehead atoms. The topological polar surface area (TPSA) is 72.8 Å². The summed E-state index contributed by atoms with van der Waals surface area (Å²) in [7, 11) is 0. The van der Waals surface area contributed by atoms with E-state index in [-0.39, 0.29) is 35.3 Å². The second kappa shape index (κ2) is 10.1. The minimum atomic E-state index is -0.273. The smallest absolute Gasteiger partial charge is 0.302 e. The second-order valence-electron chi connectivity index (χ2n) is 9.72. The first-order valence-corrected chi connectivity index (χ1v) is 11.2. The van der Waals surface area contributed by atoms with E-state index < -0.39 is 0 Å². The molecule has 0 aliphatic heterocycles. The Morgan fingerprint density at radius 1 is 1.17 bits per heavy atom. The first-order chi connectivity index (χ1) is 13.6. The Bertz CT molecular complexity index is 612. The van der Waals surface area contributed by atoms with Crippen LogP contribution in [0.1, 0.15) is 79.6 Å². The summed E-state index contributed by atoms with van der Waals surface area (Å²) in [6.45, 7) is 10.9. The predicted octanol–water partition coefficient (Wildman–Crippen LogP) is 4.67. The van der Waals surface area contributed by atoms with Crippen LogP contribution in [-0.4, -0.2) is 36.9 Å². The van der Waals surface area contributed by atoms with Gasteiger partial charge in [0.2, 0.25) is 0 Å². The second-order valence-corrected chi connectivity index (χ2v) is 9.72. The van der Waals surface area contributed by atoms with Crippen molar-refractivity contribution in [2.24, 2.45) is 28.6 Å². The van der Waals surface area contributed by atoms with Crippen molar-refractivity contribution in [1.82, 2.24) is 0 Å². The maximum Gasteiger partial charge on any atom is 0.302 e. The molecule has 0 aromatic carbocycles. The molecular formula is C24H40O5. The molecule has 5 heteroatoms. The van der Waals surface area contributed by atoms with Crippen LogP contribution in [0.15, 0.2) is 11.6 Å². The van der Waals surface area contributed by atoms with Gasteiger partial charge in [-0.05, 0) is 79.1 Å². The van der Waals surface area contributed by atoms with Crippen molar-refractivity contribution < 1.29 is 24.2 Å². The highest BCUT2D eigenvalue weighted by atomic mass is 16.5. The van der Waals surface area contributed by atoms with Crippen molar-refractivity contribution in [2.45, 2.75) is 79.6 Å². The van der Waals surface area contributed by atoms with E-state index in [2.05, 4.69) is 26.8 Å². The predicted molar refractivity (Wildman–Crippen MR) is 113 cm³/mol. The molecule has 0 unspecified atom stereocenters. The van der Waals surface area contributed by atoms with E-state index in [0.29, 0.717) is 31.5 Å². The molecule has 0 heterocycles. The zero-order valence-electron chi connectivity index (χ0n) is 19.0. The Morgan fingerprint density at radius 3 is 2.48 bits per heavy atom. The largest absolute Gasteiger partial charge is 0.466 e. The third-order valence-electron chi connectivity index (χ3n) is 7.98. The Morgan fingerprint density at radius 2 is 1.86 bits per heavy atom. The van der Waals surface area contributed by atoms with Gasteiger partial charge in [0.1, 0.15) is 0 Å². The van der Waals surface area contributed by atoms with E-state index in [1.807, 2.05) is 0 Å². The van der Waals surface area contributed by atoms with Crippen LogP contribution in [0.3, 0.4) is 0 Å². The highest BCUT2D eigenvalue weighted by Gasteiger charge is 2.53. The number of aliphatic hydroxyl groups excluding tert-OH is 1. The Balaban J connectivity index is 2.11. The van der Waals surface area contributed by atoms with E-state index in [1.165, 1.54) is 32.3 Å². The number of carbonyl (C=O) groups is 2. The molecule has 0 aromatic rings. The van der Waals surface area contributed by atoms with Gasteiger partial charge in [-0.25, -0.2) is 0 Å². The molecule has 29 heavy (non-hydrogen) atoms. The van der Waals surface area contributed by atoms with E-state index >= 15 is 0 Å². The fourth-order valence-corrected chi connectivity index (χ4v) is 5.88. The summed E-state index contributed by atoms with van der Waals surface area (Å²) in [4.78, 5) is 22.4. The number of aliphatic hydroxyl groups is 1. The Labute approximate surface area is 176 Å². The van der Waals surface area contributed by atoms with Crippen LogP contribution in [0.5, 0.6) is 0 Å². The van der Waals surface area contributed by atoms with Crippen molar-refractivity contribution in [3.05, 3.63) is 11.6 Å². The minimum absolute atomic E-state index is 0.0807. The third kappa shape index (κ3) is 5.62. The van der Waals surface area contributed by atoms with Gasteiger partial charge in [0.25, 0.3) is 0 Å². The first kappa shape index (κ1) is 23.9. The van der Waals surface area contributed by atoms with Gasteiger partial charge in [-0.3, -0.25) is 9.59 Å². The van der Waals surface area contributed by atoms with Gasteiger partial charge in [0, 0.05) is 13.8 Å². The van der Waals surface area contributed by atoms with Gasteiger partial charge in [-0.15, -0.1) is 0 Å². The third-order valence-corrected chi connectivity index (χ3v) is 7.98. The van der Waals surface area contributed by atoms with Crippen LogP contribution in [0.4, 0.5) is 0 Å². The van der Waals surface area contributed by atoms with Crippen molar-refractivity contribution in [3.63, 3.8) is 0 Å². The van der Waals surface area contributed by atoms with Gasteiger partial charge in [-0.2, -0.15) is 0 Å². The monoisotopic (exact) mass is 408 g/mol. The summed E-state index contributed by atoms with van der Waals surface area (Å²) in [6.07, 6.45) is 9.49. The van der Waals surface area contributed by atoms with Crippen molar-refractivity contribution in [3.8, 4) is 0 Å². The van der Waals surface area contributed by atoms with Gasteiger partial charge < -0.3 is 14.6 Å². The molecule has 1 saturated carbocycles. The average Bonchev–Trinajstić information content (AvgIpc) is 2.66. The molecule has 2 aliphatic carbocycles. The molecule has 5 nitrogen and oxygen atoms in total. The van der Waals surface area contributed by atoms with E-state index in [0.717, 1.165) is 25.7 Å². The number of rotatable bonds is 9. The molecule has 0 radical (unpaired) electrons. The van der Waals surface area contributed by atoms with Gasteiger partial charge in [-0.1, -0.05) is 26.8 Å². The highest BCUT2D eigenvalue weighted by Crippen LogP contribution is 2.61. The summed E-state index contributed by atoms with van der Waals surface area (Å²) in [5.74, 6) is 0.810. The summed E-state index contributed by atoms with van der Waals surface area (Å²) in [5.41, 5.74) is 1.48. The molecule has 0 saturated heterocycles. The molecule has 1 N–H and O–H groups in total. The maximum absolute atomic E-state index is 11.3. The molecule has 5 atom stereocenters. The van der Waals surface area contributed by atoms with E-state index in [4.69, 9.17) is 9.47 Å². The van der Waals surface area contributed by atoms with E-state index in [1.54, 1.807) is 0 Å². The molecule has 2 aliphatic rings. The number of hydrogen-bond acceptors (Lipinski definition) is 5. The Hall–Kier alpha value is -1.36. The van der Waals surface area contributed by atoms with Crippen LogP contribution in [0.25, 0.3) is 0 Å². The molecular weight excluding hydrogens is 368 g/mol. The van der Waals surface area contributed by atoms with Crippen LogP contribution < -0.4 is 0 Å². The minimum Gasteiger partial charge on any atom is -0.466 e. The number of carbonyl (C=O) groups excluding carboxylic acids is 2. The zero-order valence-corrected chi connectivity index (χ0v) is 19.0. The molecule has 1 fully saturated rings. The number of esters is 2. The number of ether oxygens (including phenoxy) is 2. The molecule has 166 valence electrons. The lowest BCUT2D eigenvalue weighted by Crippen LogP contribution is -2.50. The standard InChI is InChI=1S/C24H40O5/c1-17-9-12-24(5)21(15-25)7-6-8-22(24)23(17,4)13-10-20(16-29-19(3)27)11-14-28-18(2)26/h7,17,20,22,25H,6,8-16H2,1-5H3/t17-,20-,22-,23+,24+/m1/s1. The summed E-state index contributed by atoms with van der Waals surface area (Å²) in [6, 6.07) is 0. The van der Waals surface area contributed by atoms with Gasteiger partial charge in [0.05, 0.1) is 19.8 Å². The zero-order chi connectivity index (χ0) is 21.7. The molecule has 0 aromatic heterocycles. The lowest BCUT2D eigenvalue weighted by Gasteiger charge is -2.58. The van der Waals surface area contributed by atoms with Crippen LogP contribution in [0.2, 0.25) is 0 Å². The average molecular weight is 409 g/mol. The Kier molecular flexibility index (Phi) is 8.33. The maximum atomic E-state index is 11.3. The van der Waals surface area contributed by atoms with Crippen LogP contribution in [-0.2, 0) is 19.1 Å². The fraction of sp³-hybridized carbons (Fsp3) is 0.833. The van der Waals surface area contributed by atoms with Crippen LogP contribution in [0, 0.1) is 28.6 Å². The highest BCUT2D eigenvalue weighted by molar-refractivity contribution is 5.66. The van der Waals surface area contributed by atoms with Crippen molar-refractivity contribution in [1.29, 1.82) is 0 Å². The lowest BCUT2D eigenvalue weighted by molar-refractivity contribution is -0.145. The summed E-state index contributed by atoms with van der Waals surface area (Å²) >= 11 is 0. The number of allylic oxidation sites excluding steroid dienone is 1. The lowest BCUT2D eigenvalue weighted by atomic mass is 9.46. The van der Waals surface area contributed by atoms with E-state index in [9.17, 15) is 14.7 Å². The number of hydrogen-bond donors (Lipinski definition) is 1. The number of fused-ring (bicyclic) bond motifs is 1.